The molecule has 2 N–H and O–H groups in total. The fourth-order valence-electron chi connectivity index (χ4n) is 1.95. The largest absolute Gasteiger partial charge is 0.388 e. The maximum Gasteiger partial charge on any atom is 0.330 e. The van der Waals surface area contributed by atoms with Gasteiger partial charge in [-0.2, -0.15) is 0 Å². The molecule has 1 saturated heterocycles. The molecule has 0 amide bonds. The molecule has 0 aliphatic carbocycles. The lowest BCUT2D eigenvalue weighted by molar-refractivity contribution is -0.00884. The highest BCUT2D eigenvalue weighted by molar-refractivity contribution is 14.1. The minimum absolute atomic E-state index is 0.447. The van der Waals surface area contributed by atoms with Crippen LogP contribution in [0.4, 0.5) is 0 Å². The molecule has 2 heterocycles. The molecule has 1 aliphatic heterocycles. The van der Waals surface area contributed by atoms with Gasteiger partial charge >= 0.3 is 5.69 Å². The third kappa shape index (κ3) is 2.24. The number of hydrogen-bond acceptors (Lipinski definition) is 4. The van der Waals surface area contributed by atoms with E-state index in [1.165, 1.54) is 16.8 Å². The van der Waals surface area contributed by atoms with Gasteiger partial charge in [-0.25, -0.2) is 4.79 Å². The van der Waals surface area contributed by atoms with E-state index < -0.39 is 34.6 Å². The third-order valence-electron chi connectivity index (χ3n) is 2.97. The summed E-state index contributed by atoms with van der Waals surface area (Å²) in [6, 6.07) is 1.21. The molecule has 1 aromatic heterocycles. The Balaban J connectivity index is 2.45. The van der Waals surface area contributed by atoms with Gasteiger partial charge in [0.1, 0.15) is 11.0 Å². The highest BCUT2D eigenvalue weighted by Crippen LogP contribution is 2.42. The number of alkyl halides is 2. The van der Waals surface area contributed by atoms with Crippen LogP contribution in [0.5, 0.6) is 0 Å². The van der Waals surface area contributed by atoms with E-state index in [0.717, 1.165) is 0 Å². The SMILES string of the molecule is C[C@@]1(Cl)[C@H](O)[C@@H](CI)O[C@H]1n1ccc(=O)[nH]c1=O. The summed E-state index contributed by atoms with van der Waals surface area (Å²) in [4.78, 5) is 23.7. The summed E-state index contributed by atoms with van der Waals surface area (Å²) in [5.41, 5.74) is -1.10. The summed E-state index contributed by atoms with van der Waals surface area (Å²) < 4.78 is 7.33. The lowest BCUT2D eigenvalue weighted by Gasteiger charge is -2.26. The molecule has 1 aliphatic rings. The van der Waals surface area contributed by atoms with Crippen LogP contribution in [0.15, 0.2) is 21.9 Å². The topological polar surface area (TPSA) is 84.3 Å². The second-order valence-electron chi connectivity index (χ2n) is 4.29. The number of nitrogens with one attached hydrogen (secondary N) is 1. The van der Waals surface area contributed by atoms with Crippen molar-refractivity contribution in [3.63, 3.8) is 0 Å². The van der Waals surface area contributed by atoms with Crippen molar-refractivity contribution >= 4 is 34.2 Å². The Morgan fingerprint density at radius 1 is 1.67 bits per heavy atom. The number of aliphatic hydroxyl groups excluding tert-OH is 1. The molecule has 1 aromatic rings. The van der Waals surface area contributed by atoms with E-state index in [9.17, 15) is 14.7 Å². The smallest absolute Gasteiger partial charge is 0.330 e. The van der Waals surface area contributed by atoms with Crippen molar-refractivity contribution in [3.05, 3.63) is 33.1 Å². The van der Waals surface area contributed by atoms with Gasteiger partial charge in [-0.3, -0.25) is 14.3 Å². The van der Waals surface area contributed by atoms with Crippen molar-refractivity contribution in [2.24, 2.45) is 0 Å². The first-order chi connectivity index (χ1) is 8.37. The first kappa shape index (κ1) is 14.0. The van der Waals surface area contributed by atoms with Crippen molar-refractivity contribution in [1.29, 1.82) is 0 Å². The predicted molar refractivity (Wildman–Crippen MR) is 74.4 cm³/mol. The number of ether oxygens (including phenoxy) is 1. The number of nitrogens with zero attached hydrogens (tertiary/aromatic N) is 1. The molecule has 0 radical (unpaired) electrons. The van der Waals surface area contributed by atoms with Crippen molar-refractivity contribution in [2.75, 3.05) is 4.43 Å². The number of aliphatic hydroxyl groups is 1. The molecule has 100 valence electrons. The molecule has 8 heteroatoms. The quantitative estimate of drug-likeness (QED) is 0.563. The first-order valence-electron chi connectivity index (χ1n) is 5.28. The fraction of sp³-hybridized carbons (Fsp3) is 0.600. The normalized spacial score (nSPS) is 35.9. The number of aromatic nitrogens is 2. The lowest BCUT2D eigenvalue weighted by Crippen LogP contribution is -2.42. The molecule has 18 heavy (non-hydrogen) atoms. The average molecular weight is 387 g/mol. The molecule has 2 rings (SSSR count). The maximum absolute atomic E-state index is 11.7. The van der Waals surface area contributed by atoms with Crippen LogP contribution in [0.3, 0.4) is 0 Å². The summed E-state index contributed by atoms with van der Waals surface area (Å²) in [6.07, 6.45) is -0.843. The zero-order valence-corrected chi connectivity index (χ0v) is 12.4. The number of halogens is 2. The van der Waals surface area contributed by atoms with Crippen LogP contribution in [0.2, 0.25) is 0 Å². The molecule has 6 nitrogen and oxygen atoms in total. The predicted octanol–water partition coefficient (Wildman–Crippen LogP) is 0.227. The van der Waals surface area contributed by atoms with Gasteiger partial charge in [0.05, 0.1) is 6.10 Å². The van der Waals surface area contributed by atoms with Gasteiger partial charge in [-0.15, -0.1) is 11.6 Å². The highest BCUT2D eigenvalue weighted by Gasteiger charge is 2.52. The monoisotopic (exact) mass is 386 g/mol. The molecular formula is C10H12ClIN2O4. The van der Waals surface area contributed by atoms with Crippen molar-refractivity contribution in [1.82, 2.24) is 9.55 Å². The van der Waals surface area contributed by atoms with Gasteiger partial charge in [0.2, 0.25) is 0 Å². The Labute approximate surface area is 121 Å². The summed E-state index contributed by atoms with van der Waals surface area (Å²) in [5, 5.41) is 10.0. The average Bonchev–Trinajstić information content (AvgIpc) is 2.52. The van der Waals surface area contributed by atoms with E-state index in [-0.39, 0.29) is 0 Å². The van der Waals surface area contributed by atoms with Gasteiger partial charge in [-0.1, -0.05) is 22.6 Å². The molecule has 0 saturated carbocycles. The zero-order valence-electron chi connectivity index (χ0n) is 9.47. The third-order valence-corrected chi connectivity index (χ3v) is 4.25. The minimum atomic E-state index is -1.13. The lowest BCUT2D eigenvalue weighted by atomic mass is 10.0. The van der Waals surface area contributed by atoms with Crippen LogP contribution in [0.25, 0.3) is 0 Å². The van der Waals surface area contributed by atoms with E-state index in [0.29, 0.717) is 4.43 Å². The molecule has 0 spiro atoms. The Morgan fingerprint density at radius 2 is 2.33 bits per heavy atom. The van der Waals surface area contributed by atoms with Gasteiger partial charge in [0.25, 0.3) is 5.56 Å². The Morgan fingerprint density at radius 3 is 2.83 bits per heavy atom. The van der Waals surface area contributed by atoms with Gasteiger partial charge in [0, 0.05) is 16.7 Å². The van der Waals surface area contributed by atoms with Crippen LogP contribution < -0.4 is 11.2 Å². The summed E-state index contributed by atoms with van der Waals surface area (Å²) in [5.74, 6) is 0. The van der Waals surface area contributed by atoms with E-state index in [1.807, 2.05) is 0 Å². The zero-order chi connectivity index (χ0) is 13.5. The molecule has 0 aromatic carbocycles. The number of H-pyrrole nitrogens is 1. The molecule has 0 unspecified atom stereocenters. The van der Waals surface area contributed by atoms with Crippen LogP contribution in [-0.4, -0.2) is 36.2 Å². The molecule has 4 atom stereocenters. The Kier molecular flexibility index (Phi) is 3.86. The molecule has 0 bridgehead atoms. The molecular weight excluding hydrogens is 374 g/mol. The standard InChI is InChI=1S/C10H12ClIN2O4/c1-10(11)7(16)5(4-12)18-8(10)14-3-2-6(15)13-9(14)17/h2-3,5,7-8,16H,4H2,1H3,(H,13,15,17)/t5-,7-,8-,10-/m1/s1. The van der Waals surface area contributed by atoms with Crippen LogP contribution in [0.1, 0.15) is 13.2 Å². The maximum atomic E-state index is 11.7. The van der Waals surface area contributed by atoms with E-state index in [1.54, 1.807) is 6.92 Å². The van der Waals surface area contributed by atoms with Crippen molar-refractivity contribution < 1.29 is 9.84 Å². The summed E-state index contributed by atoms with van der Waals surface area (Å²) in [7, 11) is 0. The van der Waals surface area contributed by atoms with Gasteiger partial charge in [-0.05, 0) is 6.92 Å². The van der Waals surface area contributed by atoms with E-state index >= 15 is 0 Å². The van der Waals surface area contributed by atoms with Crippen molar-refractivity contribution in [3.8, 4) is 0 Å². The fourth-order valence-corrected chi connectivity index (χ4v) is 2.94. The first-order valence-corrected chi connectivity index (χ1v) is 7.18. The van der Waals surface area contributed by atoms with Gasteiger partial charge < -0.3 is 9.84 Å². The second-order valence-corrected chi connectivity index (χ2v) is 5.99. The van der Waals surface area contributed by atoms with Crippen LogP contribution in [-0.2, 0) is 4.74 Å². The summed E-state index contributed by atoms with van der Waals surface area (Å²) >= 11 is 8.35. The number of hydrogen-bond donors (Lipinski definition) is 2. The number of aromatic amines is 1. The van der Waals surface area contributed by atoms with Gasteiger partial charge in [0.15, 0.2) is 6.23 Å². The van der Waals surface area contributed by atoms with E-state index in [2.05, 4.69) is 27.6 Å². The Hall–Kier alpha value is -0.380. The number of rotatable bonds is 2. The minimum Gasteiger partial charge on any atom is -0.388 e. The van der Waals surface area contributed by atoms with Crippen molar-refractivity contribution in [2.45, 2.75) is 30.2 Å². The summed E-state index contributed by atoms with van der Waals surface area (Å²) in [6.45, 7) is 1.60. The Bertz CT molecular complexity index is 555. The molecule has 1 fully saturated rings. The second kappa shape index (κ2) is 4.95. The highest BCUT2D eigenvalue weighted by atomic mass is 127. The van der Waals surface area contributed by atoms with Crippen LogP contribution >= 0.6 is 34.2 Å². The van der Waals surface area contributed by atoms with Crippen LogP contribution in [0, 0.1) is 0 Å². The van der Waals surface area contributed by atoms with E-state index in [4.69, 9.17) is 16.3 Å².